The van der Waals surface area contributed by atoms with Crippen LogP contribution in [0, 0.1) is 17.1 Å². The van der Waals surface area contributed by atoms with Gasteiger partial charge in [-0.2, -0.15) is 5.26 Å². The first kappa shape index (κ1) is 25.1. The van der Waals surface area contributed by atoms with Gasteiger partial charge in [-0.25, -0.2) is 4.39 Å². The topological polar surface area (TPSA) is 91.2 Å². The Labute approximate surface area is 209 Å². The number of amides is 2. The normalized spacial score (nSPS) is 10.9. The van der Waals surface area contributed by atoms with Crippen LogP contribution in [0.15, 0.2) is 66.2 Å². The minimum Gasteiger partial charge on any atom is -0.481 e. The molecule has 0 unspecified atom stereocenters. The van der Waals surface area contributed by atoms with E-state index in [1.165, 1.54) is 42.5 Å². The molecular formula is C24H15Cl3FN3O3. The van der Waals surface area contributed by atoms with Gasteiger partial charge < -0.3 is 15.4 Å². The number of hydrogen-bond acceptors (Lipinski definition) is 4. The van der Waals surface area contributed by atoms with Gasteiger partial charge in [0.1, 0.15) is 17.5 Å². The van der Waals surface area contributed by atoms with Gasteiger partial charge in [-0.3, -0.25) is 9.59 Å². The van der Waals surface area contributed by atoms with Crippen molar-refractivity contribution < 1.29 is 18.7 Å². The van der Waals surface area contributed by atoms with Crippen molar-refractivity contribution in [1.82, 2.24) is 0 Å². The Bertz CT molecular complexity index is 1280. The third-order valence-corrected chi connectivity index (χ3v) is 5.19. The van der Waals surface area contributed by atoms with Crippen molar-refractivity contribution in [3.63, 3.8) is 0 Å². The monoisotopic (exact) mass is 517 g/mol. The minimum atomic E-state index is -0.696. The smallest absolute Gasteiger partial charge is 0.266 e. The van der Waals surface area contributed by atoms with Crippen LogP contribution in [0.3, 0.4) is 0 Å². The molecule has 0 aliphatic heterocycles. The van der Waals surface area contributed by atoms with Crippen molar-refractivity contribution in [2.45, 2.75) is 0 Å². The number of carbonyl (C=O) groups excluding carboxylic acids is 2. The Morgan fingerprint density at radius 2 is 1.62 bits per heavy atom. The van der Waals surface area contributed by atoms with Crippen molar-refractivity contribution >= 4 is 64.1 Å². The van der Waals surface area contributed by atoms with E-state index in [1.54, 1.807) is 30.3 Å². The third-order valence-electron chi connectivity index (χ3n) is 4.29. The van der Waals surface area contributed by atoms with Crippen LogP contribution >= 0.6 is 34.8 Å². The van der Waals surface area contributed by atoms with Gasteiger partial charge in [0.25, 0.3) is 11.8 Å². The summed E-state index contributed by atoms with van der Waals surface area (Å²) in [5.74, 6) is -1.57. The van der Waals surface area contributed by atoms with Gasteiger partial charge in [-0.15, -0.1) is 0 Å². The summed E-state index contributed by atoms with van der Waals surface area (Å²) in [5.41, 5.74) is 0.874. The summed E-state index contributed by atoms with van der Waals surface area (Å²) in [6, 6.07) is 16.5. The fourth-order valence-electron chi connectivity index (χ4n) is 2.73. The molecule has 6 nitrogen and oxygen atoms in total. The molecule has 0 aliphatic carbocycles. The van der Waals surface area contributed by atoms with Gasteiger partial charge in [-0.1, -0.05) is 46.9 Å². The summed E-state index contributed by atoms with van der Waals surface area (Å²) in [4.78, 5) is 24.5. The van der Waals surface area contributed by atoms with E-state index >= 15 is 0 Å². The largest absolute Gasteiger partial charge is 0.481 e. The van der Waals surface area contributed by atoms with Gasteiger partial charge in [0.05, 0.1) is 20.8 Å². The van der Waals surface area contributed by atoms with E-state index in [2.05, 4.69) is 10.6 Å². The first-order valence-corrected chi connectivity index (χ1v) is 10.7. The molecule has 3 aromatic carbocycles. The number of ether oxygens (including phenoxy) is 1. The molecule has 0 radical (unpaired) electrons. The fourth-order valence-corrected chi connectivity index (χ4v) is 3.53. The summed E-state index contributed by atoms with van der Waals surface area (Å²) in [6.07, 6.45) is 1.28. The van der Waals surface area contributed by atoms with E-state index in [4.69, 9.17) is 39.5 Å². The molecule has 3 aromatic rings. The van der Waals surface area contributed by atoms with Crippen LogP contribution in [0.25, 0.3) is 6.08 Å². The molecule has 10 heteroatoms. The van der Waals surface area contributed by atoms with Crippen molar-refractivity contribution in [3.8, 4) is 11.8 Å². The zero-order valence-corrected chi connectivity index (χ0v) is 19.5. The first-order valence-electron chi connectivity index (χ1n) is 9.61. The summed E-state index contributed by atoms with van der Waals surface area (Å²) >= 11 is 18.5. The van der Waals surface area contributed by atoms with Gasteiger partial charge in [0, 0.05) is 5.69 Å². The molecule has 0 aromatic heterocycles. The van der Waals surface area contributed by atoms with Gasteiger partial charge >= 0.3 is 0 Å². The Balaban J connectivity index is 1.69. The van der Waals surface area contributed by atoms with E-state index < -0.39 is 17.6 Å². The molecule has 0 bridgehead atoms. The summed E-state index contributed by atoms with van der Waals surface area (Å²) in [6.45, 7) is -0.386. The lowest BCUT2D eigenvalue weighted by molar-refractivity contribution is -0.118. The van der Waals surface area contributed by atoms with E-state index in [1.807, 2.05) is 0 Å². The number of benzene rings is 3. The lowest BCUT2D eigenvalue weighted by atomic mass is 10.1. The van der Waals surface area contributed by atoms with Crippen LogP contribution in [-0.4, -0.2) is 18.4 Å². The fraction of sp³-hybridized carbons (Fsp3) is 0.0417. The van der Waals surface area contributed by atoms with Gasteiger partial charge in [-0.05, 0) is 60.2 Å². The Morgan fingerprint density at radius 1 is 0.971 bits per heavy atom. The predicted molar refractivity (Wildman–Crippen MR) is 131 cm³/mol. The zero-order chi connectivity index (χ0) is 24.7. The Hall–Kier alpha value is -3.57. The second kappa shape index (κ2) is 11.5. The molecular weight excluding hydrogens is 504 g/mol. The van der Waals surface area contributed by atoms with Crippen LogP contribution in [-0.2, 0) is 9.59 Å². The molecule has 34 heavy (non-hydrogen) atoms. The second-order valence-electron chi connectivity index (χ2n) is 6.76. The number of anilines is 2. The first-order chi connectivity index (χ1) is 16.3. The highest BCUT2D eigenvalue weighted by molar-refractivity contribution is 6.37. The Kier molecular flexibility index (Phi) is 8.50. The number of carbonyl (C=O) groups is 2. The number of rotatable bonds is 7. The highest BCUT2D eigenvalue weighted by Gasteiger charge is 2.15. The average molecular weight is 519 g/mol. The molecule has 0 spiro atoms. The predicted octanol–water partition coefficient (Wildman–Crippen LogP) is 6.35. The SMILES string of the molecule is N#C/C(=C\c1cc(Cl)c(OCC(=O)Nc2ccccc2Cl)c(Cl)c1)C(=O)Nc1ccc(F)cc1. The van der Waals surface area contributed by atoms with Gasteiger partial charge in [0.2, 0.25) is 0 Å². The van der Waals surface area contributed by atoms with Crippen molar-refractivity contribution in [2.24, 2.45) is 0 Å². The molecule has 0 atom stereocenters. The maximum atomic E-state index is 13.0. The van der Waals surface area contributed by atoms with E-state index in [-0.39, 0.29) is 28.0 Å². The molecule has 0 saturated heterocycles. The lowest BCUT2D eigenvalue weighted by Gasteiger charge is -2.12. The van der Waals surface area contributed by atoms with E-state index in [0.29, 0.717) is 22.0 Å². The summed E-state index contributed by atoms with van der Waals surface area (Å²) < 4.78 is 18.5. The summed E-state index contributed by atoms with van der Waals surface area (Å²) in [7, 11) is 0. The highest BCUT2D eigenvalue weighted by atomic mass is 35.5. The minimum absolute atomic E-state index is 0.0593. The van der Waals surface area contributed by atoms with Gasteiger partial charge in [0.15, 0.2) is 12.4 Å². The van der Waals surface area contributed by atoms with E-state index in [0.717, 1.165) is 0 Å². The molecule has 2 amide bonds. The molecule has 0 saturated carbocycles. The molecule has 172 valence electrons. The molecule has 0 heterocycles. The van der Waals surface area contributed by atoms with Crippen LogP contribution in [0.5, 0.6) is 5.75 Å². The van der Waals surface area contributed by atoms with Crippen LogP contribution in [0.2, 0.25) is 15.1 Å². The van der Waals surface area contributed by atoms with E-state index in [9.17, 15) is 19.2 Å². The quantitative estimate of drug-likeness (QED) is 0.282. The molecule has 3 rings (SSSR count). The van der Waals surface area contributed by atoms with Crippen molar-refractivity contribution in [3.05, 3.63) is 92.7 Å². The standard InChI is InChI=1S/C24H15Cl3FN3O3/c25-18-3-1-2-4-21(18)31-22(32)13-34-23-19(26)10-14(11-20(23)27)9-15(12-29)24(33)30-17-7-5-16(28)6-8-17/h1-11H,13H2,(H,30,33)(H,31,32)/b15-9+. The zero-order valence-electron chi connectivity index (χ0n) is 17.2. The highest BCUT2D eigenvalue weighted by Crippen LogP contribution is 2.35. The molecule has 0 fully saturated rings. The van der Waals surface area contributed by atoms with Crippen LogP contribution in [0.1, 0.15) is 5.56 Å². The summed E-state index contributed by atoms with van der Waals surface area (Å²) in [5, 5.41) is 15.0. The molecule has 2 N–H and O–H groups in total. The number of para-hydroxylation sites is 1. The number of hydrogen-bond donors (Lipinski definition) is 2. The molecule has 0 aliphatic rings. The average Bonchev–Trinajstić information content (AvgIpc) is 2.80. The third kappa shape index (κ3) is 6.72. The number of nitrogens with zero attached hydrogens (tertiary/aromatic N) is 1. The van der Waals surface area contributed by atoms with Crippen molar-refractivity contribution in [2.75, 3.05) is 17.2 Å². The second-order valence-corrected chi connectivity index (χ2v) is 7.98. The maximum Gasteiger partial charge on any atom is 0.266 e. The maximum absolute atomic E-state index is 13.0. The number of nitriles is 1. The van der Waals surface area contributed by atoms with Crippen LogP contribution < -0.4 is 15.4 Å². The number of nitrogens with one attached hydrogen (secondary N) is 2. The number of halogens is 4. The lowest BCUT2D eigenvalue weighted by Crippen LogP contribution is -2.20. The Morgan fingerprint density at radius 3 is 2.24 bits per heavy atom. The van der Waals surface area contributed by atoms with Crippen LogP contribution in [0.4, 0.5) is 15.8 Å². The van der Waals surface area contributed by atoms with Crippen molar-refractivity contribution in [1.29, 1.82) is 5.26 Å².